The van der Waals surface area contributed by atoms with E-state index in [9.17, 15) is 10.1 Å². The number of hydrogen-bond donors (Lipinski definition) is 1. The fourth-order valence-corrected chi connectivity index (χ4v) is 2.27. The average Bonchev–Trinajstić information content (AvgIpc) is 2.81. The normalized spacial score (nSPS) is 9.89. The molecule has 1 heterocycles. The maximum absolute atomic E-state index is 10.8. The first-order valence-electron chi connectivity index (χ1n) is 5.44. The highest BCUT2D eigenvalue weighted by Gasteiger charge is 2.14. The Morgan fingerprint density at radius 3 is 2.95 bits per heavy atom. The molecule has 0 aliphatic heterocycles. The van der Waals surface area contributed by atoms with Gasteiger partial charge in [-0.25, -0.2) is 4.98 Å². The molecule has 0 bridgehead atoms. The van der Waals surface area contributed by atoms with Gasteiger partial charge in [0.15, 0.2) is 0 Å². The number of aryl methyl sites for hydroxylation is 1. The lowest BCUT2D eigenvalue weighted by molar-refractivity contribution is -0.385. The van der Waals surface area contributed by atoms with Crippen LogP contribution in [0.4, 0.5) is 11.4 Å². The standard InChI is InChI=1S/C12H10N4O2S/c1-8-6-15-12(19-8)7-14-10-3-2-9(5-13)11(4-10)16(17)18/h2-4,6,14H,7H2,1H3. The number of nitrogens with one attached hydrogen (secondary N) is 1. The van der Waals surface area contributed by atoms with Crippen molar-refractivity contribution in [1.29, 1.82) is 5.26 Å². The summed E-state index contributed by atoms with van der Waals surface area (Å²) in [6.45, 7) is 2.47. The van der Waals surface area contributed by atoms with E-state index in [1.165, 1.54) is 12.1 Å². The van der Waals surface area contributed by atoms with Gasteiger partial charge in [-0.15, -0.1) is 11.3 Å². The predicted molar refractivity (Wildman–Crippen MR) is 72.0 cm³/mol. The fraction of sp³-hybridized carbons (Fsp3) is 0.167. The topological polar surface area (TPSA) is 91.8 Å². The van der Waals surface area contributed by atoms with Crippen LogP contribution in [-0.2, 0) is 6.54 Å². The van der Waals surface area contributed by atoms with Gasteiger partial charge in [0, 0.05) is 22.8 Å². The molecule has 7 heteroatoms. The summed E-state index contributed by atoms with van der Waals surface area (Å²) in [6, 6.07) is 6.24. The zero-order valence-electron chi connectivity index (χ0n) is 10.1. The Bertz CT molecular complexity index is 660. The van der Waals surface area contributed by atoms with Crippen molar-refractivity contribution in [2.75, 3.05) is 5.32 Å². The first-order valence-corrected chi connectivity index (χ1v) is 6.25. The van der Waals surface area contributed by atoms with Crippen molar-refractivity contribution >= 4 is 22.7 Å². The number of nitro groups is 1. The summed E-state index contributed by atoms with van der Waals surface area (Å²) in [4.78, 5) is 15.6. The van der Waals surface area contributed by atoms with Crippen LogP contribution in [0.15, 0.2) is 24.4 Å². The van der Waals surface area contributed by atoms with Gasteiger partial charge in [0.25, 0.3) is 5.69 Å². The van der Waals surface area contributed by atoms with Crippen LogP contribution in [-0.4, -0.2) is 9.91 Å². The molecule has 6 nitrogen and oxygen atoms in total. The molecular weight excluding hydrogens is 264 g/mol. The summed E-state index contributed by atoms with van der Waals surface area (Å²) in [7, 11) is 0. The van der Waals surface area contributed by atoms with Gasteiger partial charge < -0.3 is 5.32 Å². The van der Waals surface area contributed by atoms with E-state index in [-0.39, 0.29) is 11.3 Å². The summed E-state index contributed by atoms with van der Waals surface area (Å²) in [6.07, 6.45) is 1.78. The summed E-state index contributed by atoms with van der Waals surface area (Å²) in [5, 5.41) is 23.6. The van der Waals surface area contributed by atoms with Crippen LogP contribution in [0.2, 0.25) is 0 Å². The molecule has 1 aromatic heterocycles. The molecule has 96 valence electrons. The first-order chi connectivity index (χ1) is 9.10. The zero-order valence-corrected chi connectivity index (χ0v) is 10.9. The molecule has 0 fully saturated rings. The van der Waals surface area contributed by atoms with Crippen molar-refractivity contribution in [1.82, 2.24) is 4.98 Å². The van der Waals surface area contributed by atoms with E-state index in [0.717, 1.165) is 9.88 Å². The number of thiazole rings is 1. The third-order valence-electron chi connectivity index (χ3n) is 2.43. The predicted octanol–water partition coefficient (Wildman–Crippen LogP) is 2.84. The van der Waals surface area contributed by atoms with Gasteiger partial charge in [0.05, 0.1) is 11.5 Å². The molecule has 0 radical (unpaired) electrons. The Morgan fingerprint density at radius 2 is 2.37 bits per heavy atom. The quantitative estimate of drug-likeness (QED) is 0.683. The minimum absolute atomic E-state index is 0.0562. The Hall–Kier alpha value is -2.46. The molecule has 1 aromatic carbocycles. The van der Waals surface area contributed by atoms with Crippen molar-refractivity contribution < 1.29 is 4.92 Å². The van der Waals surface area contributed by atoms with Crippen molar-refractivity contribution in [2.24, 2.45) is 0 Å². The summed E-state index contributed by atoms with van der Waals surface area (Å²) >= 11 is 1.57. The van der Waals surface area contributed by atoms with Gasteiger partial charge >= 0.3 is 0 Å². The fourth-order valence-electron chi connectivity index (χ4n) is 1.55. The molecule has 0 atom stereocenters. The number of anilines is 1. The molecule has 0 spiro atoms. The van der Waals surface area contributed by atoms with Gasteiger partial charge in [0.2, 0.25) is 0 Å². The SMILES string of the molecule is Cc1cnc(CNc2ccc(C#N)c([N+](=O)[O-])c2)s1. The van der Waals surface area contributed by atoms with Crippen LogP contribution < -0.4 is 5.32 Å². The van der Waals surface area contributed by atoms with E-state index < -0.39 is 4.92 Å². The van der Waals surface area contributed by atoms with Gasteiger partial charge in [-0.1, -0.05) is 0 Å². The summed E-state index contributed by atoms with van der Waals surface area (Å²) in [5.41, 5.74) is 0.460. The highest BCUT2D eigenvalue weighted by atomic mass is 32.1. The van der Waals surface area contributed by atoms with E-state index in [1.54, 1.807) is 29.7 Å². The van der Waals surface area contributed by atoms with Crippen LogP contribution in [0, 0.1) is 28.4 Å². The largest absolute Gasteiger partial charge is 0.378 e. The molecule has 0 unspecified atom stereocenters. The molecular formula is C12H10N4O2S. The van der Waals surface area contributed by atoms with Gasteiger partial charge in [-0.3, -0.25) is 10.1 Å². The van der Waals surface area contributed by atoms with E-state index >= 15 is 0 Å². The van der Waals surface area contributed by atoms with Crippen molar-refractivity contribution in [2.45, 2.75) is 13.5 Å². The van der Waals surface area contributed by atoms with Crippen LogP contribution in [0.3, 0.4) is 0 Å². The molecule has 0 amide bonds. The number of hydrogen-bond acceptors (Lipinski definition) is 6. The van der Waals surface area contributed by atoms with Gasteiger partial charge in [-0.2, -0.15) is 5.26 Å². The second-order valence-corrected chi connectivity index (χ2v) is 5.14. The minimum Gasteiger partial charge on any atom is -0.378 e. The molecule has 0 saturated heterocycles. The van der Waals surface area contributed by atoms with Gasteiger partial charge in [0.1, 0.15) is 16.6 Å². The molecule has 2 aromatic rings. The molecule has 0 aliphatic carbocycles. The molecule has 0 aliphatic rings. The third-order valence-corrected chi connectivity index (χ3v) is 3.34. The van der Waals surface area contributed by atoms with Crippen LogP contribution >= 0.6 is 11.3 Å². The number of nitrogens with zero attached hydrogens (tertiary/aromatic N) is 3. The summed E-state index contributed by atoms with van der Waals surface area (Å²) < 4.78 is 0. The highest BCUT2D eigenvalue weighted by molar-refractivity contribution is 7.11. The lowest BCUT2D eigenvalue weighted by atomic mass is 10.2. The third kappa shape index (κ3) is 3.05. The zero-order chi connectivity index (χ0) is 13.8. The van der Waals surface area contributed by atoms with E-state index in [1.807, 2.05) is 6.92 Å². The number of nitriles is 1. The van der Waals surface area contributed by atoms with E-state index in [4.69, 9.17) is 5.26 Å². The average molecular weight is 274 g/mol. The lowest BCUT2D eigenvalue weighted by Crippen LogP contribution is -2.00. The van der Waals surface area contributed by atoms with Gasteiger partial charge in [-0.05, 0) is 19.1 Å². The maximum atomic E-state index is 10.8. The van der Waals surface area contributed by atoms with Crippen LogP contribution in [0.1, 0.15) is 15.4 Å². The van der Waals surface area contributed by atoms with Crippen LogP contribution in [0.25, 0.3) is 0 Å². The highest BCUT2D eigenvalue weighted by Crippen LogP contribution is 2.23. The lowest BCUT2D eigenvalue weighted by Gasteiger charge is -2.04. The second kappa shape index (κ2) is 5.46. The minimum atomic E-state index is -0.558. The number of nitro benzene ring substituents is 1. The molecule has 1 N–H and O–H groups in total. The number of rotatable bonds is 4. The van der Waals surface area contributed by atoms with E-state index in [0.29, 0.717) is 12.2 Å². The Labute approximate surface area is 113 Å². The van der Waals surface area contributed by atoms with Crippen molar-refractivity contribution in [3.8, 4) is 6.07 Å². The van der Waals surface area contributed by atoms with E-state index in [2.05, 4.69) is 10.3 Å². The number of benzene rings is 1. The monoisotopic (exact) mass is 274 g/mol. The molecule has 0 saturated carbocycles. The van der Waals surface area contributed by atoms with Crippen molar-refractivity contribution in [3.63, 3.8) is 0 Å². The maximum Gasteiger partial charge on any atom is 0.289 e. The first kappa shape index (κ1) is 13.0. The molecule has 19 heavy (non-hydrogen) atoms. The smallest absolute Gasteiger partial charge is 0.289 e. The number of aromatic nitrogens is 1. The van der Waals surface area contributed by atoms with Crippen molar-refractivity contribution in [3.05, 3.63) is 50.0 Å². The Kier molecular flexibility index (Phi) is 3.73. The second-order valence-electron chi connectivity index (χ2n) is 3.82. The Morgan fingerprint density at radius 1 is 1.58 bits per heavy atom. The Balaban J connectivity index is 2.15. The summed E-state index contributed by atoms with van der Waals surface area (Å²) in [5.74, 6) is 0. The van der Waals surface area contributed by atoms with Crippen LogP contribution in [0.5, 0.6) is 0 Å². The molecule has 2 rings (SSSR count).